The van der Waals surface area contributed by atoms with Gasteiger partial charge in [0.15, 0.2) is 23.0 Å². The minimum Gasteiger partial charge on any atom is -0.504 e. The summed E-state index contributed by atoms with van der Waals surface area (Å²) < 4.78 is 10.7. The zero-order chi connectivity index (χ0) is 33.3. The van der Waals surface area contributed by atoms with Gasteiger partial charge in [-0.05, 0) is 108 Å². The lowest BCUT2D eigenvalue weighted by atomic mass is 9.82. The Bertz CT molecular complexity index is 1780. The highest BCUT2D eigenvalue weighted by atomic mass is 16.5. The Labute approximate surface area is 276 Å². The lowest BCUT2D eigenvalue weighted by molar-refractivity contribution is -0.125. The van der Waals surface area contributed by atoms with E-state index in [0.29, 0.717) is 37.2 Å². The molecule has 0 saturated heterocycles. The minimum atomic E-state index is -0.909. The number of aromatic nitrogens is 1. The number of carbonyl (C=O) groups is 1. The molecular weight excluding hydrogens is 592 g/mol. The van der Waals surface area contributed by atoms with E-state index in [1.165, 1.54) is 19.8 Å². The SMILES string of the molecule is CNCc1cccc2ccc(C[C@@H](Cc3ccc(O)c(OC)c3)C(=O)C[C@@H](O)[C@H](Cc3cc[nH]c3)Cc3ccc(O)c(OC)c3)cc12. The van der Waals surface area contributed by atoms with E-state index >= 15 is 0 Å². The molecule has 8 heteroatoms. The summed E-state index contributed by atoms with van der Waals surface area (Å²) in [4.78, 5) is 17.3. The number of aliphatic hydroxyl groups excluding tert-OH is 1. The molecule has 1 heterocycles. The van der Waals surface area contributed by atoms with E-state index in [9.17, 15) is 20.1 Å². The first-order chi connectivity index (χ1) is 22.8. The number of hydrogen-bond acceptors (Lipinski definition) is 7. The molecule has 0 radical (unpaired) electrons. The fraction of sp³-hybridized carbons (Fsp3) is 0.308. The number of aromatic hydroxyl groups is 2. The van der Waals surface area contributed by atoms with Crippen molar-refractivity contribution in [3.8, 4) is 23.0 Å². The first kappa shape index (κ1) is 33.6. The topological polar surface area (TPSA) is 124 Å². The van der Waals surface area contributed by atoms with Crippen LogP contribution in [0.15, 0.2) is 91.3 Å². The number of methoxy groups -OCH3 is 2. The Hall–Kier alpha value is -4.79. The van der Waals surface area contributed by atoms with E-state index in [2.05, 4.69) is 46.7 Å². The molecule has 246 valence electrons. The maximum Gasteiger partial charge on any atom is 0.160 e. The summed E-state index contributed by atoms with van der Waals surface area (Å²) in [6.45, 7) is 0.734. The van der Waals surface area contributed by atoms with Crippen LogP contribution in [0.25, 0.3) is 10.8 Å². The molecule has 0 spiro atoms. The number of rotatable bonds is 16. The highest BCUT2D eigenvalue weighted by Crippen LogP contribution is 2.32. The number of Topliss-reactive ketones (excluding diaryl/α,β-unsaturated/α-hetero) is 1. The van der Waals surface area contributed by atoms with Gasteiger partial charge in [-0.3, -0.25) is 4.79 Å². The minimum absolute atomic E-state index is 0.0111. The van der Waals surface area contributed by atoms with Crippen LogP contribution in [0.3, 0.4) is 0 Å². The van der Waals surface area contributed by atoms with Gasteiger partial charge in [-0.25, -0.2) is 0 Å². The monoisotopic (exact) mass is 636 g/mol. The quantitative estimate of drug-likeness (QED) is 0.0882. The predicted octanol–water partition coefficient (Wildman–Crippen LogP) is 6.14. The van der Waals surface area contributed by atoms with E-state index in [0.717, 1.165) is 39.6 Å². The second-order valence-electron chi connectivity index (χ2n) is 12.2. The van der Waals surface area contributed by atoms with Gasteiger partial charge in [0.2, 0.25) is 0 Å². The Kier molecular flexibility index (Phi) is 11.2. The number of ketones is 1. The van der Waals surface area contributed by atoms with Crippen LogP contribution in [-0.2, 0) is 37.0 Å². The van der Waals surface area contributed by atoms with Crippen LogP contribution in [0.1, 0.15) is 34.2 Å². The standard InChI is InChI=1S/C39H44N2O6/c1-40-24-30-6-4-5-29-10-7-25(19-33(29)30)15-31(16-26-8-11-34(42)38(20-26)46-2)36(44)22-37(45)32(18-28-13-14-41-23-28)17-27-9-12-35(43)39(21-27)47-3/h4-14,19-21,23,31-32,37,40-43,45H,15-18,22,24H2,1-3H3/t31-,32-,37+/m0/s1. The van der Waals surface area contributed by atoms with Gasteiger partial charge in [-0.2, -0.15) is 0 Å². The summed E-state index contributed by atoms with van der Waals surface area (Å²) in [5, 5.41) is 37.5. The number of benzene rings is 4. The molecule has 1 aromatic heterocycles. The lowest BCUT2D eigenvalue weighted by Gasteiger charge is -2.25. The van der Waals surface area contributed by atoms with Crippen molar-refractivity contribution in [1.29, 1.82) is 0 Å². The van der Waals surface area contributed by atoms with Gasteiger partial charge >= 0.3 is 0 Å². The summed E-state index contributed by atoms with van der Waals surface area (Å²) in [5.74, 6) is 0.0977. The highest BCUT2D eigenvalue weighted by molar-refractivity contribution is 5.87. The number of H-pyrrole nitrogens is 1. The number of nitrogens with one attached hydrogen (secondary N) is 2. The number of aliphatic hydroxyl groups is 1. The van der Waals surface area contributed by atoms with Crippen LogP contribution >= 0.6 is 0 Å². The number of phenols is 2. The number of ether oxygens (including phenoxy) is 2. The molecule has 0 fully saturated rings. The average molecular weight is 637 g/mol. The largest absolute Gasteiger partial charge is 0.504 e. The van der Waals surface area contributed by atoms with Gasteiger partial charge in [0.05, 0.1) is 20.3 Å². The molecule has 4 aromatic carbocycles. The first-order valence-electron chi connectivity index (χ1n) is 16.0. The molecule has 0 aliphatic rings. The molecule has 0 amide bonds. The van der Waals surface area contributed by atoms with E-state index < -0.39 is 12.0 Å². The van der Waals surface area contributed by atoms with E-state index in [-0.39, 0.29) is 29.6 Å². The average Bonchev–Trinajstić information content (AvgIpc) is 3.59. The predicted molar refractivity (Wildman–Crippen MR) is 184 cm³/mol. The Morgan fingerprint density at radius 1 is 0.787 bits per heavy atom. The molecule has 8 nitrogen and oxygen atoms in total. The van der Waals surface area contributed by atoms with Crippen LogP contribution in [0, 0.1) is 11.8 Å². The van der Waals surface area contributed by atoms with Crippen LogP contribution in [0.2, 0.25) is 0 Å². The smallest absolute Gasteiger partial charge is 0.160 e. The van der Waals surface area contributed by atoms with Crippen molar-refractivity contribution in [2.45, 2.75) is 44.8 Å². The van der Waals surface area contributed by atoms with Gasteiger partial charge in [0, 0.05) is 31.3 Å². The van der Waals surface area contributed by atoms with E-state index in [1.807, 2.05) is 37.6 Å². The van der Waals surface area contributed by atoms with Crippen molar-refractivity contribution in [3.05, 3.63) is 119 Å². The van der Waals surface area contributed by atoms with Gasteiger partial charge in [-0.1, -0.05) is 48.5 Å². The Balaban J connectivity index is 1.42. The summed E-state index contributed by atoms with van der Waals surface area (Å²) in [6.07, 6.45) is 4.82. The van der Waals surface area contributed by atoms with Crippen LogP contribution in [0.4, 0.5) is 0 Å². The number of carbonyl (C=O) groups excluding carboxylic acids is 1. The fourth-order valence-corrected chi connectivity index (χ4v) is 6.40. The maximum atomic E-state index is 14.2. The summed E-state index contributed by atoms with van der Waals surface area (Å²) in [6, 6.07) is 24.9. The second kappa shape index (κ2) is 15.7. The molecule has 0 bridgehead atoms. The number of phenolic OH excluding ortho intramolecular Hbond substituents is 2. The van der Waals surface area contributed by atoms with Gasteiger partial charge < -0.3 is 35.1 Å². The van der Waals surface area contributed by atoms with Crippen molar-refractivity contribution in [2.24, 2.45) is 11.8 Å². The van der Waals surface area contributed by atoms with Crippen LogP contribution in [-0.4, -0.2) is 53.5 Å². The maximum absolute atomic E-state index is 14.2. The molecule has 5 aromatic rings. The zero-order valence-corrected chi connectivity index (χ0v) is 27.2. The Morgan fingerprint density at radius 3 is 2.02 bits per heavy atom. The normalized spacial score (nSPS) is 13.3. The zero-order valence-electron chi connectivity index (χ0n) is 27.2. The molecule has 0 aliphatic carbocycles. The Morgan fingerprint density at radius 2 is 1.40 bits per heavy atom. The first-order valence-corrected chi connectivity index (χ1v) is 16.0. The van der Waals surface area contributed by atoms with Crippen molar-refractivity contribution < 1.29 is 29.6 Å². The molecule has 5 rings (SSSR count). The molecule has 47 heavy (non-hydrogen) atoms. The van der Waals surface area contributed by atoms with Crippen molar-refractivity contribution in [3.63, 3.8) is 0 Å². The summed E-state index contributed by atoms with van der Waals surface area (Å²) in [7, 11) is 4.94. The second-order valence-corrected chi connectivity index (χ2v) is 12.2. The third kappa shape index (κ3) is 8.52. The van der Waals surface area contributed by atoms with Crippen molar-refractivity contribution >= 4 is 16.6 Å². The number of fused-ring (bicyclic) bond motifs is 1. The number of aromatic amines is 1. The fourth-order valence-electron chi connectivity index (χ4n) is 6.40. The summed E-state index contributed by atoms with van der Waals surface area (Å²) in [5.41, 5.74) is 5.03. The lowest BCUT2D eigenvalue weighted by Crippen LogP contribution is -2.31. The molecule has 0 saturated carbocycles. The summed E-state index contributed by atoms with van der Waals surface area (Å²) >= 11 is 0. The molecular formula is C39H44N2O6. The molecule has 5 N–H and O–H groups in total. The van der Waals surface area contributed by atoms with Gasteiger partial charge in [0.25, 0.3) is 0 Å². The van der Waals surface area contributed by atoms with Crippen LogP contribution in [0.5, 0.6) is 23.0 Å². The van der Waals surface area contributed by atoms with Crippen LogP contribution < -0.4 is 14.8 Å². The third-order valence-corrected chi connectivity index (χ3v) is 8.92. The van der Waals surface area contributed by atoms with E-state index in [4.69, 9.17) is 9.47 Å². The molecule has 0 aliphatic heterocycles. The third-order valence-electron chi connectivity index (χ3n) is 8.92. The number of hydrogen-bond donors (Lipinski definition) is 5. The van der Waals surface area contributed by atoms with Crippen molar-refractivity contribution in [1.82, 2.24) is 10.3 Å². The van der Waals surface area contributed by atoms with Gasteiger partial charge in [0.1, 0.15) is 5.78 Å². The van der Waals surface area contributed by atoms with Crippen molar-refractivity contribution in [2.75, 3.05) is 21.3 Å². The highest BCUT2D eigenvalue weighted by Gasteiger charge is 2.28. The van der Waals surface area contributed by atoms with Gasteiger partial charge in [-0.15, -0.1) is 0 Å². The molecule has 0 unspecified atom stereocenters. The van der Waals surface area contributed by atoms with E-state index in [1.54, 1.807) is 24.3 Å². The molecule has 3 atom stereocenters.